The topological polar surface area (TPSA) is 44.7 Å². The van der Waals surface area contributed by atoms with E-state index in [1.165, 1.54) is 18.5 Å². The van der Waals surface area contributed by atoms with Gasteiger partial charge in [0.1, 0.15) is 5.75 Å². The minimum absolute atomic E-state index is 0.422. The quantitative estimate of drug-likeness (QED) is 0.867. The molecule has 4 nitrogen and oxygen atoms in total. The van der Waals surface area contributed by atoms with Crippen LogP contribution in [0.5, 0.6) is 5.75 Å². The van der Waals surface area contributed by atoms with Gasteiger partial charge >= 0.3 is 0 Å². The van der Waals surface area contributed by atoms with E-state index in [-0.39, 0.29) is 0 Å². The Hall–Kier alpha value is -1.26. The van der Waals surface area contributed by atoms with Gasteiger partial charge < -0.3 is 20.1 Å². The Morgan fingerprint density at radius 3 is 2.89 bits per heavy atom. The molecule has 0 aromatic heterocycles. The van der Waals surface area contributed by atoms with Crippen LogP contribution in [0.1, 0.15) is 18.4 Å². The summed E-state index contributed by atoms with van der Waals surface area (Å²) in [6, 6.07) is 6.49. The predicted molar refractivity (Wildman–Crippen MR) is 75.9 cm³/mol. The molecule has 1 unspecified atom stereocenters. The van der Waals surface area contributed by atoms with E-state index in [4.69, 9.17) is 4.74 Å². The van der Waals surface area contributed by atoms with Crippen LogP contribution < -0.4 is 10.2 Å². The smallest absolute Gasteiger partial charge is 0.118 e. The first-order valence-electron chi connectivity index (χ1n) is 7.21. The van der Waals surface area contributed by atoms with Crippen molar-refractivity contribution in [2.75, 3.05) is 37.7 Å². The number of morpholine rings is 1. The first-order chi connectivity index (χ1) is 9.33. The average molecular weight is 262 g/mol. The van der Waals surface area contributed by atoms with E-state index in [0.29, 0.717) is 11.8 Å². The van der Waals surface area contributed by atoms with Gasteiger partial charge in [-0.3, -0.25) is 0 Å². The van der Waals surface area contributed by atoms with E-state index < -0.39 is 0 Å². The van der Waals surface area contributed by atoms with Crippen LogP contribution in [-0.4, -0.2) is 44.0 Å². The standard InChI is InChI=1S/C15H22N2O2/c18-15-4-3-14(17-6-8-19-9-7-17)11-12(15)10-13-2-1-5-16-13/h3-4,11,13,16,18H,1-2,5-10H2. The lowest BCUT2D eigenvalue weighted by atomic mass is 10.0. The second-order valence-corrected chi connectivity index (χ2v) is 5.41. The zero-order valence-corrected chi connectivity index (χ0v) is 11.3. The van der Waals surface area contributed by atoms with E-state index in [1.807, 2.05) is 12.1 Å². The van der Waals surface area contributed by atoms with E-state index >= 15 is 0 Å². The van der Waals surface area contributed by atoms with Crippen LogP contribution in [0, 0.1) is 0 Å². The zero-order valence-electron chi connectivity index (χ0n) is 11.3. The Morgan fingerprint density at radius 2 is 2.16 bits per heavy atom. The number of ether oxygens (including phenoxy) is 1. The third-order valence-corrected chi connectivity index (χ3v) is 4.07. The van der Waals surface area contributed by atoms with Crippen LogP contribution in [0.3, 0.4) is 0 Å². The fraction of sp³-hybridized carbons (Fsp3) is 0.600. The number of nitrogens with one attached hydrogen (secondary N) is 1. The number of phenols is 1. The zero-order chi connectivity index (χ0) is 13.1. The second-order valence-electron chi connectivity index (χ2n) is 5.41. The Balaban J connectivity index is 1.74. The molecular formula is C15H22N2O2. The predicted octanol–water partition coefficient (Wildman–Crippen LogP) is 1.52. The van der Waals surface area contributed by atoms with Gasteiger partial charge in [-0.15, -0.1) is 0 Å². The van der Waals surface area contributed by atoms with E-state index in [2.05, 4.69) is 16.3 Å². The highest BCUT2D eigenvalue weighted by Gasteiger charge is 2.18. The van der Waals surface area contributed by atoms with Crippen LogP contribution in [0.15, 0.2) is 18.2 Å². The van der Waals surface area contributed by atoms with Crippen LogP contribution in [0.25, 0.3) is 0 Å². The first-order valence-corrected chi connectivity index (χ1v) is 7.21. The normalized spacial score (nSPS) is 23.8. The molecular weight excluding hydrogens is 240 g/mol. The maximum absolute atomic E-state index is 10.0. The number of benzene rings is 1. The Labute approximate surface area is 114 Å². The first kappa shape index (κ1) is 12.8. The SMILES string of the molecule is Oc1ccc(N2CCOCC2)cc1CC1CCCN1. The van der Waals surface area contributed by atoms with Crippen LogP contribution in [0.4, 0.5) is 5.69 Å². The third kappa shape index (κ3) is 3.01. The van der Waals surface area contributed by atoms with Gasteiger partial charge in [-0.1, -0.05) is 0 Å². The molecule has 4 heteroatoms. The molecule has 0 aliphatic carbocycles. The van der Waals surface area contributed by atoms with Crippen molar-refractivity contribution >= 4 is 5.69 Å². The van der Waals surface area contributed by atoms with Gasteiger partial charge in [0, 0.05) is 24.8 Å². The lowest BCUT2D eigenvalue weighted by Crippen LogP contribution is -2.36. The highest BCUT2D eigenvalue weighted by Crippen LogP contribution is 2.27. The molecule has 2 aliphatic heterocycles. The van der Waals surface area contributed by atoms with Crippen molar-refractivity contribution in [3.05, 3.63) is 23.8 Å². The van der Waals surface area contributed by atoms with E-state index in [0.717, 1.165) is 44.8 Å². The van der Waals surface area contributed by atoms with Crippen molar-refractivity contribution in [3.63, 3.8) is 0 Å². The summed E-state index contributed by atoms with van der Waals surface area (Å²) in [6.07, 6.45) is 3.37. The average Bonchev–Trinajstić information content (AvgIpc) is 2.95. The molecule has 2 fully saturated rings. The van der Waals surface area contributed by atoms with Crippen LogP contribution >= 0.6 is 0 Å². The van der Waals surface area contributed by atoms with Gasteiger partial charge in [0.05, 0.1) is 13.2 Å². The molecule has 1 aromatic carbocycles. The Bertz CT molecular complexity index is 424. The van der Waals surface area contributed by atoms with Crippen LogP contribution in [0.2, 0.25) is 0 Å². The summed E-state index contributed by atoms with van der Waals surface area (Å²) < 4.78 is 5.38. The largest absolute Gasteiger partial charge is 0.508 e. The number of phenolic OH excluding ortho intramolecular Hbond substituents is 1. The summed E-state index contributed by atoms with van der Waals surface area (Å²) in [5.74, 6) is 0.422. The Morgan fingerprint density at radius 1 is 1.32 bits per heavy atom. The van der Waals surface area contributed by atoms with Gasteiger partial charge in [0.25, 0.3) is 0 Å². The molecule has 0 radical (unpaired) electrons. The fourth-order valence-electron chi connectivity index (χ4n) is 2.95. The molecule has 3 rings (SSSR count). The highest BCUT2D eigenvalue weighted by molar-refractivity contribution is 5.53. The van der Waals surface area contributed by atoms with Crippen molar-refractivity contribution in [2.45, 2.75) is 25.3 Å². The summed E-state index contributed by atoms with van der Waals surface area (Å²) in [7, 11) is 0. The van der Waals surface area contributed by atoms with Gasteiger partial charge in [-0.05, 0) is 49.6 Å². The molecule has 0 amide bonds. The number of nitrogens with zero attached hydrogens (tertiary/aromatic N) is 1. The molecule has 104 valence electrons. The third-order valence-electron chi connectivity index (χ3n) is 4.07. The second kappa shape index (κ2) is 5.80. The molecule has 0 spiro atoms. The van der Waals surface area contributed by atoms with E-state index in [9.17, 15) is 5.11 Å². The van der Waals surface area contributed by atoms with Crippen molar-refractivity contribution in [1.82, 2.24) is 5.32 Å². The molecule has 2 heterocycles. The summed E-state index contributed by atoms with van der Waals surface area (Å²) in [4.78, 5) is 2.33. The van der Waals surface area contributed by atoms with Gasteiger partial charge in [0.15, 0.2) is 0 Å². The van der Waals surface area contributed by atoms with E-state index in [1.54, 1.807) is 0 Å². The molecule has 1 atom stereocenters. The van der Waals surface area contributed by atoms with Crippen LogP contribution in [-0.2, 0) is 11.2 Å². The van der Waals surface area contributed by atoms with Crippen molar-refractivity contribution in [2.24, 2.45) is 0 Å². The number of rotatable bonds is 3. The summed E-state index contributed by atoms with van der Waals surface area (Å²) >= 11 is 0. The number of aromatic hydroxyl groups is 1. The summed E-state index contributed by atoms with van der Waals surface area (Å²) in [5, 5.41) is 13.5. The van der Waals surface area contributed by atoms with Gasteiger partial charge in [-0.25, -0.2) is 0 Å². The number of hydrogen-bond donors (Lipinski definition) is 2. The minimum Gasteiger partial charge on any atom is -0.508 e. The molecule has 0 bridgehead atoms. The lowest BCUT2D eigenvalue weighted by molar-refractivity contribution is 0.122. The molecule has 2 aliphatic rings. The molecule has 19 heavy (non-hydrogen) atoms. The minimum atomic E-state index is 0.422. The van der Waals surface area contributed by atoms with Crippen molar-refractivity contribution < 1.29 is 9.84 Å². The Kier molecular flexibility index (Phi) is 3.89. The molecule has 2 saturated heterocycles. The van der Waals surface area contributed by atoms with Gasteiger partial charge in [-0.2, -0.15) is 0 Å². The van der Waals surface area contributed by atoms with Crippen molar-refractivity contribution in [1.29, 1.82) is 0 Å². The molecule has 1 aromatic rings. The number of anilines is 1. The monoisotopic (exact) mass is 262 g/mol. The maximum Gasteiger partial charge on any atom is 0.118 e. The fourth-order valence-corrected chi connectivity index (χ4v) is 2.95. The summed E-state index contributed by atoms with van der Waals surface area (Å²) in [6.45, 7) is 4.56. The molecule has 0 saturated carbocycles. The van der Waals surface area contributed by atoms with Gasteiger partial charge in [0.2, 0.25) is 0 Å². The van der Waals surface area contributed by atoms with Crippen molar-refractivity contribution in [3.8, 4) is 5.75 Å². The lowest BCUT2D eigenvalue weighted by Gasteiger charge is -2.29. The molecule has 2 N–H and O–H groups in total. The summed E-state index contributed by atoms with van der Waals surface area (Å²) in [5.41, 5.74) is 2.26. The maximum atomic E-state index is 10.0. The number of hydrogen-bond acceptors (Lipinski definition) is 4. The highest BCUT2D eigenvalue weighted by atomic mass is 16.5.